The third kappa shape index (κ3) is 3.77. The van der Waals surface area contributed by atoms with Crippen LogP contribution in [0.1, 0.15) is 44.1 Å². The number of halogens is 1. The molecule has 0 unspecified atom stereocenters. The number of hydrogen-bond donors (Lipinski definition) is 1. The molecule has 0 bridgehead atoms. The summed E-state index contributed by atoms with van der Waals surface area (Å²) in [7, 11) is 0. The summed E-state index contributed by atoms with van der Waals surface area (Å²) in [5.41, 5.74) is 1.11. The van der Waals surface area contributed by atoms with Crippen LogP contribution in [0.5, 0.6) is 0 Å². The minimum atomic E-state index is -0.408. The lowest BCUT2D eigenvalue weighted by atomic mass is 10.2. The van der Waals surface area contributed by atoms with Crippen LogP contribution < -0.4 is 5.32 Å². The van der Waals surface area contributed by atoms with Crippen molar-refractivity contribution in [2.24, 2.45) is 0 Å². The van der Waals surface area contributed by atoms with Gasteiger partial charge in [0.05, 0.1) is 6.04 Å². The molecule has 0 spiro atoms. The van der Waals surface area contributed by atoms with Crippen LogP contribution in [0.3, 0.4) is 0 Å². The van der Waals surface area contributed by atoms with Gasteiger partial charge in [-0.05, 0) is 49.2 Å². The number of amides is 2. The molecule has 4 rings (SSSR count). The summed E-state index contributed by atoms with van der Waals surface area (Å²) >= 11 is 1.17. The Labute approximate surface area is 165 Å². The Morgan fingerprint density at radius 2 is 1.82 bits per heavy atom. The zero-order valence-corrected chi connectivity index (χ0v) is 15.7. The van der Waals surface area contributed by atoms with E-state index < -0.39 is 5.91 Å². The molecule has 1 aliphatic rings. The van der Waals surface area contributed by atoms with E-state index in [4.69, 9.17) is 0 Å². The van der Waals surface area contributed by atoms with Crippen molar-refractivity contribution < 1.29 is 14.0 Å². The molecule has 1 aliphatic heterocycles. The highest BCUT2D eigenvalue weighted by Crippen LogP contribution is 2.34. The van der Waals surface area contributed by atoms with E-state index >= 15 is 0 Å². The number of hydrogen-bond acceptors (Lipinski definition) is 5. The van der Waals surface area contributed by atoms with Crippen molar-refractivity contribution in [2.45, 2.75) is 18.9 Å². The third-order valence-corrected chi connectivity index (χ3v) is 5.58. The molecule has 142 valence electrons. The number of aromatic nitrogens is 2. The quantitative estimate of drug-likeness (QED) is 0.726. The second kappa shape index (κ2) is 7.85. The molecular weight excluding hydrogens is 379 g/mol. The molecular formula is C20H17FN4O2S. The third-order valence-electron chi connectivity index (χ3n) is 4.56. The van der Waals surface area contributed by atoms with Gasteiger partial charge in [0.15, 0.2) is 0 Å². The van der Waals surface area contributed by atoms with Gasteiger partial charge >= 0.3 is 0 Å². The van der Waals surface area contributed by atoms with Crippen LogP contribution in [0.25, 0.3) is 0 Å². The first-order valence-electron chi connectivity index (χ1n) is 8.88. The van der Waals surface area contributed by atoms with Crippen molar-refractivity contribution >= 4 is 28.8 Å². The highest BCUT2D eigenvalue weighted by Gasteiger charge is 2.33. The van der Waals surface area contributed by atoms with Crippen molar-refractivity contribution in [1.29, 1.82) is 0 Å². The second-order valence-corrected chi connectivity index (χ2v) is 7.44. The van der Waals surface area contributed by atoms with Crippen molar-refractivity contribution in [1.82, 2.24) is 15.1 Å². The van der Waals surface area contributed by atoms with E-state index in [2.05, 4.69) is 15.5 Å². The molecule has 8 heteroatoms. The van der Waals surface area contributed by atoms with Crippen LogP contribution in [0.2, 0.25) is 0 Å². The highest BCUT2D eigenvalue weighted by atomic mass is 32.1. The van der Waals surface area contributed by atoms with E-state index in [1.54, 1.807) is 17.0 Å². The van der Waals surface area contributed by atoms with E-state index in [0.717, 1.165) is 12.8 Å². The first kappa shape index (κ1) is 18.2. The summed E-state index contributed by atoms with van der Waals surface area (Å²) in [6.45, 7) is 0.648. The highest BCUT2D eigenvalue weighted by molar-refractivity contribution is 7.13. The van der Waals surface area contributed by atoms with Gasteiger partial charge in [0.2, 0.25) is 5.01 Å². The van der Waals surface area contributed by atoms with Gasteiger partial charge in [-0.25, -0.2) is 4.39 Å². The minimum absolute atomic E-state index is 0.0457. The Morgan fingerprint density at radius 1 is 1.07 bits per heavy atom. The van der Waals surface area contributed by atoms with Crippen LogP contribution in [0.4, 0.5) is 10.1 Å². The number of nitrogens with zero attached hydrogens (tertiary/aromatic N) is 3. The Kier molecular flexibility index (Phi) is 5.12. The number of carbonyl (C=O) groups excluding carboxylic acids is 2. The van der Waals surface area contributed by atoms with Crippen LogP contribution in [-0.2, 0) is 0 Å². The SMILES string of the molecule is O=C(Nc1ccc(F)cc1)c1nnc([C@H]2CCCN2C(=O)c2ccccc2)s1. The average molecular weight is 396 g/mol. The molecule has 1 atom stereocenters. The van der Waals surface area contributed by atoms with Crippen molar-refractivity contribution in [3.8, 4) is 0 Å². The number of rotatable bonds is 4. The zero-order chi connectivity index (χ0) is 19.5. The molecule has 2 heterocycles. The smallest absolute Gasteiger partial charge is 0.286 e. The van der Waals surface area contributed by atoms with Crippen LogP contribution in [-0.4, -0.2) is 33.5 Å². The van der Waals surface area contributed by atoms with Gasteiger partial charge in [-0.2, -0.15) is 0 Å². The van der Waals surface area contributed by atoms with E-state index in [1.165, 1.54) is 35.6 Å². The number of likely N-dealkylation sites (tertiary alicyclic amines) is 1. The van der Waals surface area contributed by atoms with E-state index in [1.807, 2.05) is 18.2 Å². The molecule has 2 aromatic carbocycles. The fraction of sp³-hybridized carbons (Fsp3) is 0.200. The van der Waals surface area contributed by atoms with Gasteiger partial charge in [-0.3, -0.25) is 9.59 Å². The summed E-state index contributed by atoms with van der Waals surface area (Å²) < 4.78 is 13.0. The molecule has 1 aromatic heterocycles. The molecule has 0 radical (unpaired) electrons. The maximum Gasteiger partial charge on any atom is 0.286 e. The zero-order valence-electron chi connectivity index (χ0n) is 14.8. The second-order valence-electron chi connectivity index (χ2n) is 6.43. The maximum atomic E-state index is 13.0. The van der Waals surface area contributed by atoms with Gasteiger partial charge < -0.3 is 10.2 Å². The molecule has 1 N–H and O–H groups in total. The Morgan fingerprint density at radius 3 is 2.57 bits per heavy atom. The lowest BCUT2D eigenvalue weighted by Gasteiger charge is -2.22. The predicted molar refractivity (Wildman–Crippen MR) is 104 cm³/mol. The minimum Gasteiger partial charge on any atom is -0.329 e. The molecule has 3 aromatic rings. The van der Waals surface area contributed by atoms with E-state index in [-0.39, 0.29) is 22.8 Å². The maximum absolute atomic E-state index is 13.0. The van der Waals surface area contributed by atoms with E-state index in [0.29, 0.717) is 22.8 Å². The summed E-state index contributed by atoms with van der Waals surface area (Å²) in [5.74, 6) is -0.828. The van der Waals surface area contributed by atoms with Crippen LogP contribution >= 0.6 is 11.3 Å². The lowest BCUT2D eigenvalue weighted by Crippen LogP contribution is -2.30. The van der Waals surface area contributed by atoms with Gasteiger partial charge in [0, 0.05) is 17.8 Å². The van der Waals surface area contributed by atoms with Gasteiger partial charge in [-0.1, -0.05) is 29.5 Å². The largest absolute Gasteiger partial charge is 0.329 e. The molecule has 2 amide bonds. The number of nitrogens with one attached hydrogen (secondary N) is 1. The van der Waals surface area contributed by atoms with Gasteiger partial charge in [0.25, 0.3) is 11.8 Å². The molecule has 1 saturated heterocycles. The van der Waals surface area contributed by atoms with Crippen molar-refractivity contribution in [2.75, 3.05) is 11.9 Å². The molecule has 0 aliphatic carbocycles. The summed E-state index contributed by atoms with van der Waals surface area (Å²) in [5, 5.41) is 11.7. The fourth-order valence-corrected chi connectivity index (χ4v) is 4.08. The average Bonchev–Trinajstić information content (AvgIpc) is 3.39. The molecule has 6 nitrogen and oxygen atoms in total. The first-order valence-corrected chi connectivity index (χ1v) is 9.70. The first-order chi connectivity index (χ1) is 13.6. The van der Waals surface area contributed by atoms with Crippen molar-refractivity contribution in [3.05, 3.63) is 76.0 Å². The predicted octanol–water partition coefficient (Wildman–Crippen LogP) is 3.91. The number of benzene rings is 2. The van der Waals surface area contributed by atoms with Crippen LogP contribution in [0.15, 0.2) is 54.6 Å². The fourth-order valence-electron chi connectivity index (χ4n) is 3.19. The Bertz CT molecular complexity index is 991. The monoisotopic (exact) mass is 396 g/mol. The topological polar surface area (TPSA) is 75.2 Å². The van der Waals surface area contributed by atoms with Gasteiger partial charge in [0.1, 0.15) is 10.8 Å². The lowest BCUT2D eigenvalue weighted by molar-refractivity contribution is 0.0735. The molecule has 1 fully saturated rings. The summed E-state index contributed by atoms with van der Waals surface area (Å²) in [4.78, 5) is 27.0. The van der Waals surface area contributed by atoms with Crippen LogP contribution in [0, 0.1) is 5.82 Å². The normalized spacial score (nSPS) is 16.2. The summed E-state index contributed by atoms with van der Waals surface area (Å²) in [6, 6.07) is 14.4. The standard InChI is InChI=1S/C20H17FN4O2S/c21-14-8-10-15(11-9-14)22-17(26)19-24-23-18(28-19)16-7-4-12-25(16)20(27)13-5-2-1-3-6-13/h1-3,5-6,8-11,16H,4,7,12H2,(H,22,26)/t16-/m1/s1. The molecule has 0 saturated carbocycles. The number of carbonyl (C=O) groups is 2. The van der Waals surface area contributed by atoms with Crippen molar-refractivity contribution in [3.63, 3.8) is 0 Å². The number of anilines is 1. The van der Waals surface area contributed by atoms with Gasteiger partial charge in [-0.15, -0.1) is 10.2 Å². The Balaban J connectivity index is 1.49. The Hall–Kier alpha value is -3.13. The molecule has 28 heavy (non-hydrogen) atoms. The summed E-state index contributed by atoms with van der Waals surface area (Å²) in [6.07, 6.45) is 1.66. The van der Waals surface area contributed by atoms with E-state index in [9.17, 15) is 14.0 Å².